The van der Waals surface area contributed by atoms with E-state index < -0.39 is 0 Å². The molecule has 4 aromatic heterocycles. The Balaban J connectivity index is 1.01. The Morgan fingerprint density at radius 1 is 0.391 bits per heavy atom. The van der Waals surface area contributed by atoms with Crippen molar-refractivity contribution in [2.45, 2.75) is 40.0 Å². The van der Waals surface area contributed by atoms with Crippen LogP contribution >= 0.6 is 0 Å². The molecule has 5 nitrogen and oxygen atoms in total. The second-order valence-corrected chi connectivity index (χ2v) is 19.9. The molecule has 14 rings (SSSR count). The van der Waals surface area contributed by atoms with Crippen LogP contribution in [0.5, 0.6) is 0 Å². The lowest BCUT2D eigenvalue weighted by atomic mass is 9.86. The first-order chi connectivity index (χ1) is 33.7. The number of furan rings is 2. The SMILES string of the molecule is Cc1cccc2c1oc1ccc(N(c3ccccc3)c3ccc4cc5c6ccc(N(c7ccccc7)c7ccc8oc9c(C)cccc9c8c7)c7c8ccc(C(C)(C)C)cc8n(c5cc4c3)c67)cc12. The molecule has 0 amide bonds. The summed E-state index contributed by atoms with van der Waals surface area (Å²) in [5, 5.41) is 11.8. The number of aryl methyl sites for hydroxylation is 2. The van der Waals surface area contributed by atoms with Gasteiger partial charge in [0.2, 0.25) is 0 Å². The molecule has 0 N–H and O–H groups in total. The minimum absolute atomic E-state index is 0.0427. The van der Waals surface area contributed by atoms with Crippen molar-refractivity contribution in [1.82, 2.24) is 4.40 Å². The minimum Gasteiger partial charge on any atom is -0.456 e. The zero-order chi connectivity index (χ0) is 46.3. The predicted octanol–water partition coefficient (Wildman–Crippen LogP) is 18.6. The third-order valence-electron chi connectivity index (χ3n) is 14.6. The molecule has 0 aliphatic carbocycles. The maximum absolute atomic E-state index is 6.46. The highest BCUT2D eigenvalue weighted by Crippen LogP contribution is 2.50. The lowest BCUT2D eigenvalue weighted by Crippen LogP contribution is -2.11. The Hall–Kier alpha value is -8.54. The molecule has 0 saturated carbocycles. The zero-order valence-corrected chi connectivity index (χ0v) is 39.1. The first-order valence-electron chi connectivity index (χ1n) is 23.9. The largest absolute Gasteiger partial charge is 0.456 e. The van der Waals surface area contributed by atoms with Crippen LogP contribution < -0.4 is 9.80 Å². The van der Waals surface area contributed by atoms with Crippen LogP contribution in [0.15, 0.2) is 203 Å². The van der Waals surface area contributed by atoms with Gasteiger partial charge in [0.05, 0.1) is 22.2 Å². The molecule has 10 aromatic carbocycles. The van der Waals surface area contributed by atoms with E-state index in [0.717, 1.165) is 89.1 Å². The summed E-state index contributed by atoms with van der Waals surface area (Å²) in [6, 6.07) is 71.1. The molecule has 0 fully saturated rings. The molecule has 0 saturated heterocycles. The number of benzene rings is 10. The van der Waals surface area contributed by atoms with Crippen LogP contribution in [-0.4, -0.2) is 4.40 Å². The molecule has 0 unspecified atom stereocenters. The smallest absolute Gasteiger partial charge is 0.138 e. The van der Waals surface area contributed by atoms with Gasteiger partial charge in [-0.2, -0.15) is 0 Å². The fraction of sp³-hybridized carbons (Fsp3) is 0.0938. The maximum atomic E-state index is 6.46. The number of hydrogen-bond donors (Lipinski definition) is 0. The number of aromatic nitrogens is 1. The van der Waals surface area contributed by atoms with Crippen molar-refractivity contribution >= 4 is 127 Å². The van der Waals surface area contributed by atoms with Crippen LogP contribution in [0.3, 0.4) is 0 Å². The summed E-state index contributed by atoms with van der Waals surface area (Å²) in [6.45, 7) is 11.2. The lowest BCUT2D eigenvalue weighted by molar-refractivity contribution is 0.591. The molecule has 69 heavy (non-hydrogen) atoms. The van der Waals surface area contributed by atoms with Crippen molar-refractivity contribution in [3.05, 3.63) is 211 Å². The van der Waals surface area contributed by atoms with Crippen LogP contribution in [0, 0.1) is 13.8 Å². The Morgan fingerprint density at radius 2 is 0.957 bits per heavy atom. The lowest BCUT2D eigenvalue weighted by Gasteiger charge is -2.26. The summed E-state index contributed by atoms with van der Waals surface area (Å²) in [5.74, 6) is 0. The average Bonchev–Trinajstić information content (AvgIpc) is 4.12. The number of hydrogen-bond acceptors (Lipinski definition) is 4. The molecular formula is C64H47N3O2. The van der Waals surface area contributed by atoms with Crippen molar-refractivity contribution < 1.29 is 8.83 Å². The van der Waals surface area contributed by atoms with Crippen LogP contribution in [0.4, 0.5) is 34.1 Å². The highest BCUT2D eigenvalue weighted by molar-refractivity contribution is 6.28. The summed E-state index contributed by atoms with van der Waals surface area (Å²) in [6.07, 6.45) is 0. The van der Waals surface area contributed by atoms with Crippen LogP contribution in [-0.2, 0) is 5.41 Å². The van der Waals surface area contributed by atoms with Crippen molar-refractivity contribution in [3.63, 3.8) is 0 Å². The number of anilines is 6. The van der Waals surface area contributed by atoms with Gasteiger partial charge in [0, 0.05) is 71.5 Å². The van der Waals surface area contributed by atoms with Gasteiger partial charge in [0.15, 0.2) is 0 Å². The van der Waals surface area contributed by atoms with E-state index >= 15 is 0 Å². The second-order valence-electron chi connectivity index (χ2n) is 19.9. The fourth-order valence-electron chi connectivity index (χ4n) is 11.2. The molecule has 0 spiro atoms. The third-order valence-corrected chi connectivity index (χ3v) is 14.6. The fourth-order valence-corrected chi connectivity index (χ4v) is 11.2. The highest BCUT2D eigenvalue weighted by Gasteiger charge is 2.27. The summed E-state index contributed by atoms with van der Waals surface area (Å²) in [7, 11) is 0. The van der Waals surface area contributed by atoms with E-state index in [0.29, 0.717) is 0 Å². The van der Waals surface area contributed by atoms with Gasteiger partial charge in [-0.1, -0.05) is 118 Å². The molecule has 5 heteroatoms. The van der Waals surface area contributed by atoms with E-state index in [-0.39, 0.29) is 5.41 Å². The quantitative estimate of drug-likeness (QED) is 0.167. The monoisotopic (exact) mass is 889 g/mol. The van der Waals surface area contributed by atoms with Gasteiger partial charge in [0.1, 0.15) is 22.3 Å². The van der Waals surface area contributed by atoms with Crippen LogP contribution in [0.25, 0.3) is 92.7 Å². The van der Waals surface area contributed by atoms with Crippen LogP contribution in [0.2, 0.25) is 0 Å². The number of rotatable bonds is 6. The molecule has 0 aliphatic rings. The normalized spacial score (nSPS) is 12.4. The Morgan fingerprint density at radius 3 is 1.59 bits per heavy atom. The van der Waals surface area contributed by atoms with Gasteiger partial charge in [-0.15, -0.1) is 0 Å². The maximum Gasteiger partial charge on any atom is 0.138 e. The number of fused-ring (bicyclic) bond motifs is 13. The molecular weight excluding hydrogens is 843 g/mol. The molecule has 0 aliphatic heterocycles. The average molecular weight is 890 g/mol. The summed E-state index contributed by atoms with van der Waals surface area (Å²) in [5.41, 5.74) is 17.4. The van der Waals surface area contributed by atoms with E-state index in [4.69, 9.17) is 8.83 Å². The molecule has 330 valence electrons. The summed E-state index contributed by atoms with van der Waals surface area (Å²) < 4.78 is 15.4. The van der Waals surface area contributed by atoms with Gasteiger partial charge in [0.25, 0.3) is 0 Å². The summed E-state index contributed by atoms with van der Waals surface area (Å²) in [4.78, 5) is 4.80. The first kappa shape index (κ1) is 39.6. The Labute approximate surface area is 399 Å². The first-order valence-corrected chi connectivity index (χ1v) is 23.9. The van der Waals surface area contributed by atoms with Gasteiger partial charge < -0.3 is 23.0 Å². The van der Waals surface area contributed by atoms with Gasteiger partial charge in [-0.3, -0.25) is 0 Å². The van der Waals surface area contributed by atoms with Crippen LogP contribution in [0.1, 0.15) is 37.5 Å². The number of nitrogens with zero attached hydrogens (tertiary/aromatic N) is 3. The van der Waals surface area contributed by atoms with E-state index in [1.807, 2.05) is 0 Å². The Kier molecular flexibility index (Phi) is 8.31. The van der Waals surface area contributed by atoms with Gasteiger partial charge in [-0.25, -0.2) is 0 Å². The topological polar surface area (TPSA) is 37.2 Å². The zero-order valence-electron chi connectivity index (χ0n) is 39.1. The molecule has 0 bridgehead atoms. The van der Waals surface area contributed by atoms with E-state index in [2.05, 4.69) is 243 Å². The van der Waals surface area contributed by atoms with E-state index in [1.54, 1.807) is 0 Å². The van der Waals surface area contributed by atoms with Crippen molar-refractivity contribution in [3.8, 4) is 0 Å². The van der Waals surface area contributed by atoms with Crippen molar-refractivity contribution in [2.24, 2.45) is 0 Å². The molecule has 0 atom stereocenters. The van der Waals surface area contributed by atoms with Gasteiger partial charge in [-0.05, 0) is 144 Å². The van der Waals surface area contributed by atoms with E-state index in [9.17, 15) is 0 Å². The molecule has 0 radical (unpaired) electrons. The van der Waals surface area contributed by atoms with Crippen molar-refractivity contribution in [2.75, 3.05) is 9.80 Å². The number of para-hydroxylation sites is 4. The standard InChI is InChI=1S/C64H47N3O2/c1-38-14-12-20-49-53-36-46(25-30-58(53)68-62(38)49)65(43-16-8-6-9-17-43)45-24-22-40-33-52-48-28-29-55(60-51-27-23-42(64(3,4)5)35-57(51)67(61(48)60)56(52)34-41(40)32-45)66(44-18-10-7-11-19-44)47-26-31-59-54(37-47)50-21-13-15-39(2)63(50)69-59/h6-37H,1-5H3. The van der Waals surface area contributed by atoms with Gasteiger partial charge >= 0.3 is 0 Å². The van der Waals surface area contributed by atoms with E-state index in [1.165, 1.54) is 54.4 Å². The molecule has 4 heterocycles. The predicted molar refractivity (Wildman–Crippen MR) is 291 cm³/mol. The molecule has 14 aromatic rings. The second kappa shape index (κ2) is 14.5. The third kappa shape index (κ3) is 5.90. The summed E-state index contributed by atoms with van der Waals surface area (Å²) >= 11 is 0. The minimum atomic E-state index is -0.0427. The highest BCUT2D eigenvalue weighted by atomic mass is 16.3. The Bertz CT molecular complexity index is 4380. The van der Waals surface area contributed by atoms with Crippen molar-refractivity contribution in [1.29, 1.82) is 0 Å².